The predicted octanol–water partition coefficient (Wildman–Crippen LogP) is 1.45. The fourth-order valence-corrected chi connectivity index (χ4v) is 3.19. The van der Waals surface area contributed by atoms with Crippen molar-refractivity contribution in [3.63, 3.8) is 0 Å². The summed E-state index contributed by atoms with van der Waals surface area (Å²) in [6, 6.07) is 6.51. The number of nitrogens with two attached hydrogens (primary N) is 1. The van der Waals surface area contributed by atoms with Gasteiger partial charge in [0.1, 0.15) is 4.87 Å². The minimum atomic E-state index is -3.57. The third kappa shape index (κ3) is 2.83. The molecule has 1 aliphatic heterocycles. The summed E-state index contributed by atoms with van der Waals surface area (Å²) >= 11 is 0. The number of rotatable bonds is 3. The number of hydrogen-bond acceptors (Lipinski definition) is 5. The lowest BCUT2D eigenvalue weighted by Crippen LogP contribution is -2.41. The van der Waals surface area contributed by atoms with Crippen LogP contribution >= 0.6 is 0 Å². The molecule has 1 aliphatic rings. The molecule has 1 aromatic carbocycles. The molecular formula is C15H24BNO4S. The summed E-state index contributed by atoms with van der Waals surface area (Å²) in [6.45, 7) is 10.9. The maximum Gasteiger partial charge on any atom is 0.494 e. The molecule has 0 aliphatic carbocycles. The second kappa shape index (κ2) is 5.06. The Balaban J connectivity index is 2.29. The third-order valence-corrected chi connectivity index (χ3v) is 6.69. The molecule has 2 rings (SSSR count). The molecule has 0 bridgehead atoms. The molecule has 0 atom stereocenters. The van der Waals surface area contributed by atoms with Crippen LogP contribution in [0.1, 0.15) is 41.5 Å². The van der Waals surface area contributed by atoms with Gasteiger partial charge in [0.2, 0.25) is 0 Å². The van der Waals surface area contributed by atoms with Crippen LogP contribution in [0.25, 0.3) is 0 Å². The van der Waals surface area contributed by atoms with E-state index in [9.17, 15) is 8.42 Å². The van der Waals surface area contributed by atoms with Gasteiger partial charge in [-0.1, -0.05) is 12.1 Å². The molecule has 0 radical (unpaired) electrons. The van der Waals surface area contributed by atoms with E-state index < -0.39 is 33.0 Å². The average molecular weight is 325 g/mol. The van der Waals surface area contributed by atoms with Crippen molar-refractivity contribution in [3.8, 4) is 0 Å². The lowest BCUT2D eigenvalue weighted by molar-refractivity contribution is 0.00578. The van der Waals surface area contributed by atoms with Gasteiger partial charge < -0.3 is 15.0 Å². The summed E-state index contributed by atoms with van der Waals surface area (Å²) in [5.74, 6) is 0. The maximum absolute atomic E-state index is 12.3. The van der Waals surface area contributed by atoms with Crippen LogP contribution in [0.4, 0.5) is 0 Å². The molecule has 122 valence electrons. The Bertz CT molecular complexity index is 644. The van der Waals surface area contributed by atoms with Gasteiger partial charge in [-0.3, -0.25) is 0 Å². The van der Waals surface area contributed by atoms with Crippen LogP contribution < -0.4 is 11.2 Å². The van der Waals surface area contributed by atoms with Crippen molar-refractivity contribution < 1.29 is 17.7 Å². The zero-order valence-corrected chi connectivity index (χ0v) is 14.8. The van der Waals surface area contributed by atoms with Crippen LogP contribution in [0.15, 0.2) is 29.2 Å². The SMILES string of the molecule is CC1(C)OB(c2ccc(S(=O)(=O)C(C)(C)N)cc2)OC1(C)C. The molecule has 2 N–H and O–H groups in total. The van der Waals surface area contributed by atoms with Gasteiger partial charge in [0.15, 0.2) is 9.84 Å². The van der Waals surface area contributed by atoms with Gasteiger partial charge in [0.05, 0.1) is 16.1 Å². The highest BCUT2D eigenvalue weighted by atomic mass is 32.2. The zero-order chi connectivity index (χ0) is 17.0. The standard InChI is InChI=1S/C15H24BNO4S/c1-13(2)14(3,4)21-16(20-13)11-7-9-12(10-8-11)22(18,19)15(5,6)17/h7-10H,17H2,1-6H3. The highest BCUT2D eigenvalue weighted by Gasteiger charge is 2.51. The first-order valence-corrected chi connectivity index (χ1v) is 8.75. The van der Waals surface area contributed by atoms with Crippen LogP contribution in [-0.2, 0) is 19.1 Å². The van der Waals surface area contributed by atoms with Gasteiger partial charge in [-0.15, -0.1) is 0 Å². The van der Waals surface area contributed by atoms with Crippen LogP contribution in [0, 0.1) is 0 Å². The van der Waals surface area contributed by atoms with Crippen molar-refractivity contribution in [1.29, 1.82) is 0 Å². The van der Waals surface area contributed by atoms with Crippen molar-refractivity contribution in [3.05, 3.63) is 24.3 Å². The third-order valence-electron chi connectivity index (χ3n) is 4.41. The Kier molecular flexibility index (Phi) is 4.02. The Labute approximate surface area is 133 Å². The second-order valence-electron chi connectivity index (χ2n) is 7.26. The van der Waals surface area contributed by atoms with Crippen molar-refractivity contribution in [2.45, 2.75) is 62.5 Å². The predicted molar refractivity (Wildman–Crippen MR) is 87.6 cm³/mol. The maximum atomic E-state index is 12.3. The van der Waals surface area contributed by atoms with E-state index in [2.05, 4.69) is 0 Å². The van der Waals surface area contributed by atoms with Crippen LogP contribution in [0.2, 0.25) is 0 Å². The summed E-state index contributed by atoms with van der Waals surface area (Å²) in [5, 5.41) is 0. The van der Waals surface area contributed by atoms with Crippen LogP contribution in [0.3, 0.4) is 0 Å². The Morgan fingerprint density at radius 2 is 1.41 bits per heavy atom. The van der Waals surface area contributed by atoms with E-state index in [-0.39, 0.29) is 4.90 Å². The van der Waals surface area contributed by atoms with E-state index >= 15 is 0 Å². The van der Waals surface area contributed by atoms with Crippen molar-refractivity contribution in [2.75, 3.05) is 0 Å². The van der Waals surface area contributed by atoms with E-state index in [0.29, 0.717) is 0 Å². The highest BCUT2D eigenvalue weighted by molar-refractivity contribution is 7.92. The lowest BCUT2D eigenvalue weighted by atomic mass is 9.79. The molecule has 22 heavy (non-hydrogen) atoms. The Morgan fingerprint density at radius 3 is 1.77 bits per heavy atom. The number of hydrogen-bond donors (Lipinski definition) is 1. The molecule has 0 unspecified atom stereocenters. The minimum Gasteiger partial charge on any atom is -0.399 e. The van der Waals surface area contributed by atoms with E-state index in [1.54, 1.807) is 24.3 Å². The molecule has 1 fully saturated rings. The molecule has 0 aromatic heterocycles. The normalized spacial score (nSPS) is 21.1. The van der Waals surface area contributed by atoms with E-state index in [1.165, 1.54) is 13.8 Å². The summed E-state index contributed by atoms with van der Waals surface area (Å²) in [7, 11) is -4.07. The first kappa shape index (κ1) is 17.5. The topological polar surface area (TPSA) is 78.6 Å². The lowest BCUT2D eigenvalue weighted by Gasteiger charge is -2.32. The molecule has 1 aromatic rings. The molecular weight excluding hydrogens is 301 g/mol. The number of benzene rings is 1. The first-order chi connectivity index (χ1) is 9.78. The summed E-state index contributed by atoms with van der Waals surface area (Å²) in [5.41, 5.74) is 5.67. The summed E-state index contributed by atoms with van der Waals surface area (Å²) < 4.78 is 36.5. The zero-order valence-electron chi connectivity index (χ0n) is 14.0. The summed E-state index contributed by atoms with van der Waals surface area (Å²) in [4.78, 5) is -1.13. The molecule has 5 nitrogen and oxygen atoms in total. The molecule has 0 saturated carbocycles. The largest absolute Gasteiger partial charge is 0.494 e. The van der Waals surface area contributed by atoms with Gasteiger partial charge in [-0.2, -0.15) is 0 Å². The van der Waals surface area contributed by atoms with E-state index in [0.717, 1.165) is 5.46 Å². The fourth-order valence-electron chi connectivity index (χ4n) is 2.09. The fraction of sp³-hybridized carbons (Fsp3) is 0.600. The monoisotopic (exact) mass is 325 g/mol. The highest BCUT2D eigenvalue weighted by Crippen LogP contribution is 2.36. The minimum absolute atomic E-state index is 0.195. The van der Waals surface area contributed by atoms with E-state index in [1.807, 2.05) is 27.7 Å². The van der Waals surface area contributed by atoms with Gasteiger partial charge >= 0.3 is 7.12 Å². The average Bonchev–Trinajstić information content (AvgIpc) is 2.57. The molecule has 1 heterocycles. The Morgan fingerprint density at radius 1 is 1.00 bits per heavy atom. The summed E-state index contributed by atoms with van der Waals surface area (Å²) in [6.07, 6.45) is 0. The first-order valence-electron chi connectivity index (χ1n) is 7.27. The Hall–Kier alpha value is -0.885. The molecule has 0 amide bonds. The van der Waals surface area contributed by atoms with Gasteiger partial charge in [-0.25, -0.2) is 8.42 Å². The van der Waals surface area contributed by atoms with Crippen molar-refractivity contribution in [2.24, 2.45) is 5.73 Å². The smallest absolute Gasteiger partial charge is 0.399 e. The van der Waals surface area contributed by atoms with E-state index in [4.69, 9.17) is 15.0 Å². The van der Waals surface area contributed by atoms with Gasteiger partial charge in [0, 0.05) is 0 Å². The number of sulfone groups is 1. The van der Waals surface area contributed by atoms with Crippen molar-refractivity contribution in [1.82, 2.24) is 0 Å². The molecule has 7 heteroatoms. The molecule has 1 saturated heterocycles. The van der Waals surface area contributed by atoms with Crippen molar-refractivity contribution >= 4 is 22.4 Å². The van der Waals surface area contributed by atoms with Gasteiger partial charge in [0.25, 0.3) is 0 Å². The molecule has 0 spiro atoms. The van der Waals surface area contributed by atoms with Crippen LogP contribution in [-0.4, -0.2) is 31.6 Å². The second-order valence-corrected chi connectivity index (χ2v) is 9.79. The van der Waals surface area contributed by atoms with Crippen LogP contribution in [0.5, 0.6) is 0 Å². The quantitative estimate of drug-likeness (QED) is 0.851. The van der Waals surface area contributed by atoms with Gasteiger partial charge in [-0.05, 0) is 59.1 Å².